The first-order valence-electron chi connectivity index (χ1n) is 9.57. The number of hydrogen-bond donors (Lipinski definition) is 5. The molecular weight excluding hydrogens is 343 g/mol. The molecule has 0 aliphatic rings. The number of aliphatic carboxylic acids is 1. The molecule has 0 bridgehead atoms. The van der Waals surface area contributed by atoms with E-state index in [-0.39, 0.29) is 41.4 Å². The van der Waals surface area contributed by atoms with Gasteiger partial charge in [0.2, 0.25) is 5.91 Å². The van der Waals surface area contributed by atoms with Crippen LogP contribution in [-0.4, -0.2) is 65.1 Å². The van der Waals surface area contributed by atoms with Crippen LogP contribution in [0.15, 0.2) is 0 Å². The molecule has 0 fully saturated rings. The van der Waals surface area contributed by atoms with Gasteiger partial charge in [-0.2, -0.15) is 0 Å². The number of rotatable bonds is 16. The molecule has 1 atom stereocenters. The van der Waals surface area contributed by atoms with Crippen LogP contribution in [0.25, 0.3) is 0 Å². The van der Waals surface area contributed by atoms with Crippen LogP contribution in [0.1, 0.15) is 84.0 Å². The topological polar surface area (TPSA) is 128 Å². The molecule has 0 rings (SSSR count). The van der Waals surface area contributed by atoms with Crippen molar-refractivity contribution in [2.75, 3.05) is 6.54 Å². The molecule has 0 heterocycles. The van der Waals surface area contributed by atoms with Crippen molar-refractivity contribution < 1.29 is 14.7 Å². The summed E-state index contributed by atoms with van der Waals surface area (Å²) in [4.78, 5) is 23.0. The van der Waals surface area contributed by atoms with Crippen LogP contribution < -0.4 is 16.4 Å². The fourth-order valence-corrected chi connectivity index (χ4v) is 2.65. The zero-order chi connectivity index (χ0) is 18.9. The minimum absolute atomic E-state index is 0. The number of carboxylic acid groups (broad SMARTS) is 1. The Bertz CT molecular complexity index is 395. The molecule has 0 aromatic heterocycles. The van der Waals surface area contributed by atoms with Crippen molar-refractivity contribution >= 4 is 47.4 Å². The zero-order valence-electron chi connectivity index (χ0n) is 15.6. The Hall–Kier alpha value is -0.790. The summed E-state index contributed by atoms with van der Waals surface area (Å²) >= 11 is 0. The zero-order valence-corrected chi connectivity index (χ0v) is 15.6. The SMILES string of the molecule is CCCCCCCCCCCC(=O)N[C@@H](CCCNC(=N)N)C(=O)O.[NaH]. The molecule has 0 aliphatic heterocycles. The number of carbonyl (C=O) groups excluding carboxylic acids is 1. The Morgan fingerprint density at radius 3 is 2.04 bits per heavy atom. The number of carboxylic acids is 1. The number of unbranched alkanes of at least 4 members (excludes halogenated alkanes) is 8. The summed E-state index contributed by atoms with van der Waals surface area (Å²) in [5.74, 6) is -1.36. The van der Waals surface area contributed by atoms with Crippen molar-refractivity contribution in [1.29, 1.82) is 5.41 Å². The molecule has 0 unspecified atom stereocenters. The summed E-state index contributed by atoms with van der Waals surface area (Å²) in [7, 11) is 0. The summed E-state index contributed by atoms with van der Waals surface area (Å²) in [6.45, 7) is 2.64. The van der Waals surface area contributed by atoms with Crippen molar-refractivity contribution in [2.24, 2.45) is 5.73 Å². The minimum atomic E-state index is -1.02. The molecule has 0 saturated heterocycles. The van der Waals surface area contributed by atoms with Gasteiger partial charge < -0.3 is 21.5 Å². The molecule has 0 aromatic carbocycles. The van der Waals surface area contributed by atoms with Gasteiger partial charge in [-0.1, -0.05) is 58.3 Å². The van der Waals surface area contributed by atoms with Crippen molar-refractivity contribution in [3.8, 4) is 0 Å². The van der Waals surface area contributed by atoms with Crippen LogP contribution in [0.2, 0.25) is 0 Å². The van der Waals surface area contributed by atoms with Crippen molar-refractivity contribution in [3.63, 3.8) is 0 Å². The van der Waals surface area contributed by atoms with Gasteiger partial charge in [-0.05, 0) is 19.3 Å². The Kier molecular flexibility index (Phi) is 20.0. The van der Waals surface area contributed by atoms with E-state index in [1.165, 1.54) is 38.5 Å². The summed E-state index contributed by atoms with van der Waals surface area (Å²) < 4.78 is 0. The van der Waals surface area contributed by atoms with E-state index in [1.54, 1.807) is 0 Å². The van der Waals surface area contributed by atoms with Gasteiger partial charge in [0, 0.05) is 13.0 Å². The van der Waals surface area contributed by atoms with E-state index in [2.05, 4.69) is 17.6 Å². The van der Waals surface area contributed by atoms with Gasteiger partial charge in [0.05, 0.1) is 0 Å². The maximum absolute atomic E-state index is 11.9. The molecule has 0 aliphatic carbocycles. The summed E-state index contributed by atoms with van der Waals surface area (Å²) in [6.07, 6.45) is 11.9. The van der Waals surface area contributed by atoms with E-state index in [1.807, 2.05) is 0 Å². The van der Waals surface area contributed by atoms with Gasteiger partial charge >= 0.3 is 35.5 Å². The third-order valence-corrected chi connectivity index (χ3v) is 4.13. The molecule has 26 heavy (non-hydrogen) atoms. The Labute approximate surface area is 180 Å². The predicted octanol–water partition coefficient (Wildman–Crippen LogP) is 2.09. The number of amides is 1. The predicted molar refractivity (Wildman–Crippen MR) is 108 cm³/mol. The molecule has 0 saturated carbocycles. The van der Waals surface area contributed by atoms with E-state index in [0.29, 0.717) is 25.8 Å². The summed E-state index contributed by atoms with van der Waals surface area (Å²) in [6, 6.07) is -0.875. The fraction of sp³-hybridized carbons (Fsp3) is 0.833. The van der Waals surface area contributed by atoms with Gasteiger partial charge in [0.1, 0.15) is 6.04 Å². The van der Waals surface area contributed by atoms with Gasteiger partial charge in [-0.15, -0.1) is 0 Å². The van der Waals surface area contributed by atoms with E-state index in [9.17, 15) is 9.59 Å². The van der Waals surface area contributed by atoms with Gasteiger partial charge in [-0.3, -0.25) is 10.2 Å². The van der Waals surface area contributed by atoms with Gasteiger partial charge in [0.25, 0.3) is 0 Å². The molecular formula is C18H37N4NaO3. The molecule has 6 N–H and O–H groups in total. The van der Waals surface area contributed by atoms with Crippen LogP contribution in [0.5, 0.6) is 0 Å². The number of hydrogen-bond acceptors (Lipinski definition) is 3. The molecule has 0 aromatic rings. The standard InChI is InChI=1S/C18H36N4O3.Na.H/c1-2-3-4-5-6-7-8-9-10-13-16(23)22-15(17(24)25)12-11-14-21-18(19)20;;/h15H,2-14H2,1H3,(H,22,23)(H,24,25)(H4,19,20,21);;/t15-;;/m0../s1. The molecule has 148 valence electrons. The Morgan fingerprint density at radius 1 is 1.00 bits per heavy atom. The van der Waals surface area contributed by atoms with Gasteiger partial charge in [-0.25, -0.2) is 4.79 Å². The van der Waals surface area contributed by atoms with Crippen LogP contribution in [0.4, 0.5) is 0 Å². The molecule has 0 spiro atoms. The van der Waals surface area contributed by atoms with Crippen molar-refractivity contribution in [3.05, 3.63) is 0 Å². The van der Waals surface area contributed by atoms with Crippen molar-refractivity contribution in [2.45, 2.75) is 90.0 Å². The summed E-state index contributed by atoms with van der Waals surface area (Å²) in [5.41, 5.74) is 5.16. The summed E-state index contributed by atoms with van der Waals surface area (Å²) in [5, 5.41) is 21.4. The van der Waals surface area contributed by atoms with Crippen LogP contribution in [-0.2, 0) is 9.59 Å². The molecule has 0 radical (unpaired) electrons. The normalized spacial score (nSPS) is 11.3. The second-order valence-corrected chi connectivity index (χ2v) is 6.52. The van der Waals surface area contributed by atoms with E-state index in [0.717, 1.165) is 19.3 Å². The molecule has 8 heteroatoms. The Balaban J connectivity index is 0. The number of nitrogens with one attached hydrogen (secondary N) is 3. The fourth-order valence-electron chi connectivity index (χ4n) is 2.65. The van der Waals surface area contributed by atoms with Crippen LogP contribution >= 0.6 is 0 Å². The average Bonchev–Trinajstić information content (AvgIpc) is 2.55. The van der Waals surface area contributed by atoms with Crippen molar-refractivity contribution in [1.82, 2.24) is 10.6 Å². The second kappa shape index (κ2) is 19.0. The third-order valence-electron chi connectivity index (χ3n) is 4.13. The van der Waals surface area contributed by atoms with E-state index in [4.69, 9.17) is 16.2 Å². The van der Waals surface area contributed by atoms with Crippen LogP contribution in [0, 0.1) is 5.41 Å². The number of guanidine groups is 1. The van der Waals surface area contributed by atoms with E-state index >= 15 is 0 Å². The first kappa shape index (κ1) is 27.4. The van der Waals surface area contributed by atoms with Gasteiger partial charge in [0.15, 0.2) is 5.96 Å². The van der Waals surface area contributed by atoms with E-state index < -0.39 is 12.0 Å². The van der Waals surface area contributed by atoms with Crippen LogP contribution in [0.3, 0.4) is 0 Å². The molecule has 7 nitrogen and oxygen atoms in total. The number of carbonyl (C=O) groups is 2. The quantitative estimate of drug-likeness (QED) is 0.121. The molecule has 1 amide bonds. The Morgan fingerprint density at radius 2 is 1.54 bits per heavy atom. The third kappa shape index (κ3) is 18.0. The average molecular weight is 381 g/mol. The number of nitrogens with two attached hydrogens (primary N) is 1. The maximum atomic E-state index is 11.9. The first-order valence-corrected chi connectivity index (χ1v) is 9.57. The first-order chi connectivity index (χ1) is 12.0. The monoisotopic (exact) mass is 380 g/mol. The second-order valence-electron chi connectivity index (χ2n) is 6.52.